The average Bonchev–Trinajstić information content (AvgIpc) is 2.32. The molecule has 0 aromatic carbocycles. The molecule has 1 fully saturated rings. The Balaban J connectivity index is 2.01. The molecule has 2 heterocycles. The Kier molecular flexibility index (Phi) is 2.38. The van der Waals surface area contributed by atoms with Gasteiger partial charge in [0.05, 0.1) is 16.4 Å². The number of hydrogen-bond donors (Lipinski definition) is 0. The predicted molar refractivity (Wildman–Crippen MR) is 51.1 cm³/mol. The number of alkyl halides is 1. The lowest BCUT2D eigenvalue weighted by Crippen LogP contribution is -2.47. The van der Waals surface area contributed by atoms with E-state index in [0.29, 0.717) is 13.1 Å². The molecule has 5 heteroatoms. The van der Waals surface area contributed by atoms with Crippen molar-refractivity contribution in [2.75, 3.05) is 13.1 Å². The monoisotopic (exact) mass is 247 g/mol. The SMILES string of the molecule is Cn1ncc(Br)c1CN1CC(F)C1. The molecule has 13 heavy (non-hydrogen) atoms. The van der Waals surface area contributed by atoms with Crippen molar-refractivity contribution in [2.24, 2.45) is 7.05 Å². The van der Waals surface area contributed by atoms with Crippen LogP contribution in [0.5, 0.6) is 0 Å². The second kappa shape index (κ2) is 3.38. The number of aromatic nitrogens is 2. The Labute approximate surface area is 84.7 Å². The molecule has 1 aromatic rings. The van der Waals surface area contributed by atoms with Gasteiger partial charge in [-0.3, -0.25) is 9.58 Å². The molecule has 0 amide bonds. The van der Waals surface area contributed by atoms with Crippen molar-refractivity contribution in [1.29, 1.82) is 0 Å². The highest BCUT2D eigenvalue weighted by Crippen LogP contribution is 2.20. The summed E-state index contributed by atoms with van der Waals surface area (Å²) in [4.78, 5) is 2.06. The van der Waals surface area contributed by atoms with Crippen LogP contribution in [0.4, 0.5) is 4.39 Å². The third-order valence-electron chi connectivity index (χ3n) is 2.30. The summed E-state index contributed by atoms with van der Waals surface area (Å²) >= 11 is 3.41. The van der Waals surface area contributed by atoms with Crippen molar-refractivity contribution in [2.45, 2.75) is 12.7 Å². The maximum atomic E-state index is 12.5. The first-order chi connectivity index (χ1) is 6.16. The molecular formula is C8H11BrFN3. The maximum absolute atomic E-state index is 12.5. The molecule has 1 aliphatic heterocycles. The fourth-order valence-corrected chi connectivity index (χ4v) is 1.94. The highest BCUT2D eigenvalue weighted by molar-refractivity contribution is 9.10. The molecule has 0 spiro atoms. The first kappa shape index (κ1) is 9.15. The van der Waals surface area contributed by atoms with Crippen LogP contribution in [0.25, 0.3) is 0 Å². The lowest BCUT2D eigenvalue weighted by Gasteiger charge is -2.34. The van der Waals surface area contributed by atoms with Gasteiger partial charge in [0.1, 0.15) is 6.17 Å². The number of nitrogens with zero attached hydrogens (tertiary/aromatic N) is 3. The summed E-state index contributed by atoms with van der Waals surface area (Å²) in [7, 11) is 1.90. The van der Waals surface area contributed by atoms with Crippen LogP contribution in [0, 0.1) is 0 Å². The lowest BCUT2D eigenvalue weighted by atomic mass is 10.2. The van der Waals surface area contributed by atoms with E-state index in [1.165, 1.54) is 0 Å². The quantitative estimate of drug-likeness (QED) is 0.787. The minimum Gasteiger partial charge on any atom is -0.292 e. The number of rotatable bonds is 2. The number of hydrogen-bond acceptors (Lipinski definition) is 2. The van der Waals surface area contributed by atoms with E-state index in [1.54, 1.807) is 6.20 Å². The third-order valence-corrected chi connectivity index (χ3v) is 2.96. The van der Waals surface area contributed by atoms with Gasteiger partial charge in [0.25, 0.3) is 0 Å². The first-order valence-electron chi connectivity index (χ1n) is 4.19. The largest absolute Gasteiger partial charge is 0.292 e. The molecule has 0 aliphatic carbocycles. The summed E-state index contributed by atoms with van der Waals surface area (Å²) in [6, 6.07) is 0. The highest BCUT2D eigenvalue weighted by Gasteiger charge is 2.27. The number of halogens is 2. The summed E-state index contributed by atoms with van der Waals surface area (Å²) in [6.07, 6.45) is 1.13. The summed E-state index contributed by atoms with van der Waals surface area (Å²) in [5, 5.41) is 4.10. The molecule has 1 aliphatic rings. The molecule has 0 bridgehead atoms. The summed E-state index contributed by atoms with van der Waals surface area (Å²) in [5.74, 6) is 0. The van der Waals surface area contributed by atoms with Gasteiger partial charge in [0.2, 0.25) is 0 Å². The molecule has 0 unspecified atom stereocenters. The number of likely N-dealkylation sites (tertiary alicyclic amines) is 1. The Bertz CT molecular complexity index is 287. The molecule has 72 valence electrons. The van der Waals surface area contributed by atoms with Crippen LogP contribution < -0.4 is 0 Å². The summed E-state index contributed by atoms with van der Waals surface area (Å²) in [5.41, 5.74) is 1.10. The molecule has 0 N–H and O–H groups in total. The molecular weight excluding hydrogens is 237 g/mol. The zero-order valence-electron chi connectivity index (χ0n) is 7.37. The minimum absolute atomic E-state index is 0.553. The van der Waals surface area contributed by atoms with E-state index in [4.69, 9.17) is 0 Å². The van der Waals surface area contributed by atoms with Gasteiger partial charge in [-0.05, 0) is 15.9 Å². The highest BCUT2D eigenvalue weighted by atomic mass is 79.9. The Morgan fingerprint density at radius 2 is 2.38 bits per heavy atom. The van der Waals surface area contributed by atoms with Crippen LogP contribution in [0.2, 0.25) is 0 Å². The number of aryl methyl sites for hydroxylation is 1. The molecule has 1 saturated heterocycles. The lowest BCUT2D eigenvalue weighted by molar-refractivity contribution is 0.0569. The van der Waals surface area contributed by atoms with Gasteiger partial charge in [0, 0.05) is 26.7 Å². The van der Waals surface area contributed by atoms with Gasteiger partial charge < -0.3 is 0 Å². The van der Waals surface area contributed by atoms with Crippen LogP contribution in [0.3, 0.4) is 0 Å². The topological polar surface area (TPSA) is 21.1 Å². The van der Waals surface area contributed by atoms with Gasteiger partial charge in [-0.1, -0.05) is 0 Å². The van der Waals surface area contributed by atoms with E-state index in [0.717, 1.165) is 16.7 Å². The van der Waals surface area contributed by atoms with Crippen LogP contribution >= 0.6 is 15.9 Å². The van der Waals surface area contributed by atoms with Gasteiger partial charge >= 0.3 is 0 Å². The van der Waals surface area contributed by atoms with Crippen molar-refractivity contribution in [3.05, 3.63) is 16.4 Å². The van der Waals surface area contributed by atoms with Gasteiger partial charge in [-0.15, -0.1) is 0 Å². The Morgan fingerprint density at radius 3 is 2.85 bits per heavy atom. The second-order valence-electron chi connectivity index (χ2n) is 3.35. The van der Waals surface area contributed by atoms with Crippen molar-refractivity contribution >= 4 is 15.9 Å². The standard InChI is InChI=1S/C8H11BrFN3/c1-12-8(7(9)2-11-12)5-13-3-6(10)4-13/h2,6H,3-5H2,1H3. The zero-order chi connectivity index (χ0) is 9.42. The molecule has 0 saturated carbocycles. The van der Waals surface area contributed by atoms with Crippen LogP contribution in [0.15, 0.2) is 10.7 Å². The Morgan fingerprint density at radius 1 is 1.69 bits per heavy atom. The van der Waals surface area contributed by atoms with Crippen LogP contribution in [-0.2, 0) is 13.6 Å². The molecule has 1 aromatic heterocycles. The van der Waals surface area contributed by atoms with Crippen molar-refractivity contribution in [3.8, 4) is 0 Å². The van der Waals surface area contributed by atoms with E-state index in [-0.39, 0.29) is 0 Å². The first-order valence-corrected chi connectivity index (χ1v) is 4.99. The molecule has 0 radical (unpaired) electrons. The normalized spacial score (nSPS) is 19.0. The molecule has 0 atom stereocenters. The van der Waals surface area contributed by atoms with Gasteiger partial charge in [-0.2, -0.15) is 5.10 Å². The summed E-state index contributed by atoms with van der Waals surface area (Å²) < 4.78 is 15.3. The van der Waals surface area contributed by atoms with E-state index in [2.05, 4.69) is 25.9 Å². The zero-order valence-corrected chi connectivity index (χ0v) is 8.96. The van der Waals surface area contributed by atoms with Crippen LogP contribution in [0.1, 0.15) is 5.69 Å². The molecule has 3 nitrogen and oxygen atoms in total. The minimum atomic E-state index is -0.632. The van der Waals surface area contributed by atoms with Crippen molar-refractivity contribution < 1.29 is 4.39 Å². The van der Waals surface area contributed by atoms with E-state index < -0.39 is 6.17 Å². The van der Waals surface area contributed by atoms with Crippen molar-refractivity contribution in [1.82, 2.24) is 14.7 Å². The van der Waals surface area contributed by atoms with E-state index in [9.17, 15) is 4.39 Å². The van der Waals surface area contributed by atoms with E-state index >= 15 is 0 Å². The maximum Gasteiger partial charge on any atom is 0.125 e. The van der Waals surface area contributed by atoms with E-state index in [1.807, 2.05) is 11.7 Å². The second-order valence-corrected chi connectivity index (χ2v) is 4.21. The predicted octanol–water partition coefficient (Wildman–Crippen LogP) is 1.34. The molecule has 2 rings (SSSR count). The van der Waals surface area contributed by atoms with Gasteiger partial charge in [-0.25, -0.2) is 4.39 Å². The Hall–Kier alpha value is -0.420. The third kappa shape index (κ3) is 1.76. The van der Waals surface area contributed by atoms with Crippen LogP contribution in [-0.4, -0.2) is 33.9 Å². The fraction of sp³-hybridized carbons (Fsp3) is 0.625. The van der Waals surface area contributed by atoms with Gasteiger partial charge in [0.15, 0.2) is 0 Å². The smallest absolute Gasteiger partial charge is 0.125 e. The summed E-state index contributed by atoms with van der Waals surface area (Å²) in [6.45, 7) is 1.88. The van der Waals surface area contributed by atoms with Crippen molar-refractivity contribution in [3.63, 3.8) is 0 Å². The average molecular weight is 248 g/mol. The fourth-order valence-electron chi connectivity index (χ4n) is 1.46.